The van der Waals surface area contributed by atoms with E-state index in [4.69, 9.17) is 0 Å². The number of aliphatic hydroxyl groups is 1. The molecule has 0 spiro atoms. The molecule has 11 heavy (non-hydrogen) atoms. The lowest BCUT2D eigenvalue weighted by molar-refractivity contribution is -0.0460. The highest BCUT2D eigenvalue weighted by Crippen LogP contribution is 2.36. The molecule has 0 amide bonds. The molecule has 0 aliphatic heterocycles. The minimum absolute atomic E-state index is 0.341. The summed E-state index contributed by atoms with van der Waals surface area (Å²) in [6.45, 7) is 6.52. The van der Waals surface area contributed by atoms with Crippen molar-refractivity contribution in [2.45, 2.75) is 52.1 Å². The molecule has 0 aromatic rings. The van der Waals surface area contributed by atoms with E-state index in [0.717, 1.165) is 18.8 Å². The molecule has 0 unspecified atom stereocenters. The quantitative estimate of drug-likeness (QED) is 0.618. The Morgan fingerprint density at radius 2 is 1.73 bits per heavy atom. The summed E-state index contributed by atoms with van der Waals surface area (Å²) >= 11 is 0. The van der Waals surface area contributed by atoms with Crippen LogP contribution in [-0.4, -0.2) is 10.7 Å². The lowest BCUT2D eigenvalue weighted by atomic mass is 9.74. The molecule has 1 aliphatic carbocycles. The molecule has 1 rings (SSSR count). The van der Waals surface area contributed by atoms with Crippen LogP contribution >= 0.6 is 0 Å². The molecule has 1 saturated carbocycles. The summed E-state index contributed by atoms with van der Waals surface area (Å²) in [5.41, 5.74) is -0.341. The van der Waals surface area contributed by atoms with Crippen molar-refractivity contribution in [3.05, 3.63) is 0 Å². The molecular weight excluding hydrogens is 136 g/mol. The standard InChI is InChI=1S/C10H20O/c1-8(2)10(11)6-4-9(3)5-7-10/h8-9,11H,4-7H2,1-3H3/t9-,10-. The van der Waals surface area contributed by atoms with Crippen molar-refractivity contribution in [1.29, 1.82) is 0 Å². The molecule has 1 heteroatoms. The van der Waals surface area contributed by atoms with E-state index in [2.05, 4.69) is 20.8 Å². The van der Waals surface area contributed by atoms with E-state index in [1.165, 1.54) is 12.8 Å². The van der Waals surface area contributed by atoms with Crippen LogP contribution in [0.15, 0.2) is 0 Å². The highest BCUT2D eigenvalue weighted by molar-refractivity contribution is 4.86. The van der Waals surface area contributed by atoms with E-state index in [0.29, 0.717) is 5.92 Å². The maximum atomic E-state index is 10.1. The van der Waals surface area contributed by atoms with Gasteiger partial charge in [-0.1, -0.05) is 20.8 Å². The van der Waals surface area contributed by atoms with Gasteiger partial charge in [-0.05, 0) is 37.5 Å². The molecule has 0 radical (unpaired) electrons. The van der Waals surface area contributed by atoms with Gasteiger partial charge in [0.05, 0.1) is 5.60 Å². The second-order valence-electron chi connectivity index (χ2n) is 4.44. The van der Waals surface area contributed by atoms with Crippen LogP contribution in [0.3, 0.4) is 0 Å². The molecule has 1 N–H and O–H groups in total. The summed E-state index contributed by atoms with van der Waals surface area (Å²) in [5.74, 6) is 1.25. The number of hydrogen-bond acceptors (Lipinski definition) is 1. The predicted molar refractivity (Wildman–Crippen MR) is 47.4 cm³/mol. The summed E-state index contributed by atoms with van der Waals surface area (Å²) in [6.07, 6.45) is 4.42. The molecule has 0 aromatic carbocycles. The van der Waals surface area contributed by atoms with Crippen molar-refractivity contribution in [3.8, 4) is 0 Å². The molecule has 0 heterocycles. The summed E-state index contributed by atoms with van der Waals surface area (Å²) in [4.78, 5) is 0. The van der Waals surface area contributed by atoms with Gasteiger partial charge in [-0.25, -0.2) is 0 Å². The Morgan fingerprint density at radius 1 is 1.27 bits per heavy atom. The fourth-order valence-electron chi connectivity index (χ4n) is 1.84. The summed E-state index contributed by atoms with van der Waals surface area (Å²) in [7, 11) is 0. The summed E-state index contributed by atoms with van der Waals surface area (Å²) in [6, 6.07) is 0. The van der Waals surface area contributed by atoms with Crippen molar-refractivity contribution in [2.75, 3.05) is 0 Å². The van der Waals surface area contributed by atoms with Gasteiger partial charge in [0.2, 0.25) is 0 Å². The van der Waals surface area contributed by atoms with Gasteiger partial charge in [0, 0.05) is 0 Å². The Bertz CT molecular complexity index is 121. The highest BCUT2D eigenvalue weighted by atomic mass is 16.3. The van der Waals surface area contributed by atoms with Crippen LogP contribution in [0.2, 0.25) is 0 Å². The molecule has 0 aromatic heterocycles. The Hall–Kier alpha value is -0.0400. The van der Waals surface area contributed by atoms with Gasteiger partial charge in [0.25, 0.3) is 0 Å². The normalized spacial score (nSPS) is 39.5. The van der Waals surface area contributed by atoms with Crippen molar-refractivity contribution in [3.63, 3.8) is 0 Å². The molecule has 1 nitrogen and oxygen atoms in total. The molecule has 1 fully saturated rings. The predicted octanol–water partition coefficient (Wildman–Crippen LogP) is 2.58. The van der Waals surface area contributed by atoms with Gasteiger partial charge >= 0.3 is 0 Å². The largest absolute Gasteiger partial charge is 0.390 e. The fraction of sp³-hybridized carbons (Fsp3) is 1.00. The fourth-order valence-corrected chi connectivity index (χ4v) is 1.84. The van der Waals surface area contributed by atoms with Crippen molar-refractivity contribution >= 4 is 0 Å². The number of hydrogen-bond donors (Lipinski definition) is 1. The van der Waals surface area contributed by atoms with Gasteiger partial charge in [-0.3, -0.25) is 0 Å². The van der Waals surface area contributed by atoms with Crippen LogP contribution in [0, 0.1) is 11.8 Å². The van der Waals surface area contributed by atoms with Crippen LogP contribution in [0.1, 0.15) is 46.5 Å². The lowest BCUT2D eigenvalue weighted by Crippen LogP contribution is -2.38. The first kappa shape index (κ1) is 9.05. The van der Waals surface area contributed by atoms with Gasteiger partial charge in [0.1, 0.15) is 0 Å². The van der Waals surface area contributed by atoms with Gasteiger partial charge in [0.15, 0.2) is 0 Å². The maximum Gasteiger partial charge on any atom is 0.0670 e. The molecular formula is C10H20O. The minimum atomic E-state index is -0.341. The smallest absolute Gasteiger partial charge is 0.0670 e. The van der Waals surface area contributed by atoms with Crippen LogP contribution in [0.25, 0.3) is 0 Å². The van der Waals surface area contributed by atoms with E-state index in [-0.39, 0.29) is 5.60 Å². The van der Waals surface area contributed by atoms with Crippen LogP contribution in [-0.2, 0) is 0 Å². The zero-order valence-electron chi connectivity index (χ0n) is 7.93. The van der Waals surface area contributed by atoms with Crippen molar-refractivity contribution in [2.24, 2.45) is 11.8 Å². The van der Waals surface area contributed by atoms with E-state index >= 15 is 0 Å². The van der Waals surface area contributed by atoms with Gasteiger partial charge in [-0.15, -0.1) is 0 Å². The Morgan fingerprint density at radius 3 is 2.09 bits per heavy atom. The van der Waals surface area contributed by atoms with Crippen LogP contribution in [0.5, 0.6) is 0 Å². The molecule has 1 aliphatic rings. The van der Waals surface area contributed by atoms with Gasteiger partial charge in [-0.2, -0.15) is 0 Å². The third kappa shape index (κ3) is 1.96. The summed E-state index contributed by atoms with van der Waals surface area (Å²) < 4.78 is 0. The number of rotatable bonds is 1. The van der Waals surface area contributed by atoms with E-state index in [9.17, 15) is 5.11 Å². The maximum absolute atomic E-state index is 10.1. The van der Waals surface area contributed by atoms with Crippen molar-refractivity contribution < 1.29 is 5.11 Å². The Balaban J connectivity index is 2.48. The average Bonchev–Trinajstić information content (AvgIpc) is 1.95. The second kappa shape index (κ2) is 3.14. The average molecular weight is 156 g/mol. The molecule has 0 saturated heterocycles. The molecule has 0 bridgehead atoms. The van der Waals surface area contributed by atoms with E-state index < -0.39 is 0 Å². The zero-order chi connectivity index (χ0) is 8.48. The molecule has 0 atom stereocenters. The Kier molecular flexibility index (Phi) is 2.58. The first-order valence-electron chi connectivity index (χ1n) is 4.77. The lowest BCUT2D eigenvalue weighted by Gasteiger charge is -2.38. The monoisotopic (exact) mass is 156 g/mol. The highest BCUT2D eigenvalue weighted by Gasteiger charge is 2.34. The minimum Gasteiger partial charge on any atom is -0.390 e. The van der Waals surface area contributed by atoms with E-state index in [1.54, 1.807) is 0 Å². The van der Waals surface area contributed by atoms with Gasteiger partial charge < -0.3 is 5.11 Å². The zero-order valence-corrected chi connectivity index (χ0v) is 7.93. The topological polar surface area (TPSA) is 20.2 Å². The summed E-state index contributed by atoms with van der Waals surface area (Å²) in [5, 5.41) is 10.1. The SMILES string of the molecule is CC(C)[C@]1(O)CC[C@H](C)CC1. The Labute approximate surface area is 69.8 Å². The van der Waals surface area contributed by atoms with Crippen LogP contribution in [0.4, 0.5) is 0 Å². The first-order chi connectivity index (χ1) is 5.04. The van der Waals surface area contributed by atoms with E-state index in [1.807, 2.05) is 0 Å². The van der Waals surface area contributed by atoms with Crippen molar-refractivity contribution in [1.82, 2.24) is 0 Å². The second-order valence-corrected chi connectivity index (χ2v) is 4.44. The first-order valence-corrected chi connectivity index (χ1v) is 4.77. The third-order valence-electron chi connectivity index (χ3n) is 3.21. The molecule has 66 valence electrons. The third-order valence-corrected chi connectivity index (χ3v) is 3.21. The van der Waals surface area contributed by atoms with Crippen LogP contribution < -0.4 is 0 Å².